The maximum absolute atomic E-state index is 11.9. The molecule has 0 aromatic carbocycles. The van der Waals surface area contributed by atoms with Gasteiger partial charge >= 0.3 is 11.5 Å². The fourth-order valence-electron chi connectivity index (χ4n) is 1.83. The standard InChI is InChI=1S/C9H14F3NO2S/c10-9(11,12)16-5-3-8(7(14)15)2-1-4-13-6-8/h13H,1-6H2,(H,14,15). The average molecular weight is 257 g/mol. The van der Waals surface area contributed by atoms with Crippen LogP contribution in [0, 0.1) is 5.41 Å². The van der Waals surface area contributed by atoms with Crippen molar-refractivity contribution in [1.29, 1.82) is 0 Å². The second kappa shape index (κ2) is 5.27. The highest BCUT2D eigenvalue weighted by Crippen LogP contribution is 2.36. The molecule has 1 fully saturated rings. The lowest BCUT2D eigenvalue weighted by Gasteiger charge is -2.33. The van der Waals surface area contributed by atoms with Crippen molar-refractivity contribution >= 4 is 17.7 Å². The van der Waals surface area contributed by atoms with Crippen molar-refractivity contribution in [2.75, 3.05) is 18.8 Å². The highest BCUT2D eigenvalue weighted by molar-refractivity contribution is 8.00. The van der Waals surface area contributed by atoms with E-state index in [2.05, 4.69) is 5.32 Å². The molecule has 1 rings (SSSR count). The number of rotatable bonds is 4. The van der Waals surface area contributed by atoms with E-state index in [9.17, 15) is 18.0 Å². The summed E-state index contributed by atoms with van der Waals surface area (Å²) in [7, 11) is 0. The van der Waals surface area contributed by atoms with Gasteiger partial charge in [-0.25, -0.2) is 0 Å². The van der Waals surface area contributed by atoms with E-state index in [1.54, 1.807) is 0 Å². The summed E-state index contributed by atoms with van der Waals surface area (Å²) in [5.41, 5.74) is -5.29. The Morgan fingerprint density at radius 3 is 2.62 bits per heavy atom. The predicted molar refractivity (Wildman–Crippen MR) is 55.3 cm³/mol. The van der Waals surface area contributed by atoms with Crippen molar-refractivity contribution in [2.24, 2.45) is 5.41 Å². The number of piperidine rings is 1. The molecule has 1 unspecified atom stereocenters. The Bertz CT molecular complexity index is 252. The quantitative estimate of drug-likeness (QED) is 0.809. The highest BCUT2D eigenvalue weighted by atomic mass is 32.2. The van der Waals surface area contributed by atoms with Gasteiger partial charge in [0.1, 0.15) is 0 Å². The first-order chi connectivity index (χ1) is 7.36. The largest absolute Gasteiger partial charge is 0.481 e. The number of halogens is 3. The first-order valence-electron chi connectivity index (χ1n) is 5.01. The smallest absolute Gasteiger partial charge is 0.441 e. The fraction of sp³-hybridized carbons (Fsp3) is 0.889. The van der Waals surface area contributed by atoms with Gasteiger partial charge < -0.3 is 10.4 Å². The van der Waals surface area contributed by atoms with Crippen molar-refractivity contribution in [3.63, 3.8) is 0 Å². The molecule has 1 aliphatic heterocycles. The van der Waals surface area contributed by atoms with Crippen LogP contribution in [0.1, 0.15) is 19.3 Å². The van der Waals surface area contributed by atoms with Crippen molar-refractivity contribution < 1.29 is 23.1 Å². The van der Waals surface area contributed by atoms with Crippen LogP contribution >= 0.6 is 11.8 Å². The van der Waals surface area contributed by atoms with Crippen molar-refractivity contribution in [2.45, 2.75) is 24.8 Å². The van der Waals surface area contributed by atoms with Gasteiger partial charge in [0.25, 0.3) is 0 Å². The van der Waals surface area contributed by atoms with E-state index in [4.69, 9.17) is 5.11 Å². The molecule has 1 saturated heterocycles. The maximum atomic E-state index is 11.9. The Labute approximate surface area is 95.8 Å². The molecule has 0 spiro atoms. The molecule has 1 heterocycles. The van der Waals surface area contributed by atoms with Crippen LogP contribution < -0.4 is 5.32 Å². The monoisotopic (exact) mass is 257 g/mol. The third kappa shape index (κ3) is 3.86. The zero-order valence-electron chi connectivity index (χ0n) is 8.64. The number of carboxylic acid groups (broad SMARTS) is 1. The Kier molecular flexibility index (Phi) is 4.49. The number of thioether (sulfide) groups is 1. The third-order valence-corrected chi connectivity index (χ3v) is 3.51. The van der Waals surface area contributed by atoms with Crippen molar-refractivity contribution in [3.8, 4) is 0 Å². The van der Waals surface area contributed by atoms with E-state index < -0.39 is 16.9 Å². The molecule has 2 N–H and O–H groups in total. The van der Waals surface area contributed by atoms with Crippen molar-refractivity contribution in [1.82, 2.24) is 5.32 Å². The number of hydrogen-bond acceptors (Lipinski definition) is 3. The van der Waals surface area contributed by atoms with Gasteiger partial charge in [0.05, 0.1) is 5.41 Å². The molecular formula is C9H14F3NO2S. The van der Waals surface area contributed by atoms with Crippen LogP contribution in [0.25, 0.3) is 0 Å². The lowest BCUT2D eigenvalue weighted by molar-refractivity contribution is -0.150. The Balaban J connectivity index is 2.48. The van der Waals surface area contributed by atoms with Gasteiger partial charge in [0.2, 0.25) is 0 Å². The van der Waals surface area contributed by atoms with Gasteiger partial charge in [-0.2, -0.15) is 13.2 Å². The number of nitrogens with one attached hydrogen (secondary N) is 1. The number of aliphatic carboxylic acids is 1. The van der Waals surface area contributed by atoms with E-state index in [0.29, 0.717) is 12.8 Å². The van der Waals surface area contributed by atoms with Crippen LogP contribution in [0.5, 0.6) is 0 Å². The summed E-state index contributed by atoms with van der Waals surface area (Å²) < 4.78 is 35.8. The minimum atomic E-state index is -4.28. The van der Waals surface area contributed by atoms with Crippen LogP contribution in [0.2, 0.25) is 0 Å². The van der Waals surface area contributed by atoms with Gasteiger partial charge in [-0.05, 0) is 25.8 Å². The van der Waals surface area contributed by atoms with Crippen LogP contribution in [-0.2, 0) is 4.79 Å². The zero-order valence-corrected chi connectivity index (χ0v) is 9.46. The molecule has 0 radical (unpaired) electrons. The number of alkyl halides is 3. The van der Waals surface area contributed by atoms with Gasteiger partial charge in [-0.15, -0.1) is 0 Å². The molecule has 7 heteroatoms. The minimum absolute atomic E-state index is 0.0551. The van der Waals surface area contributed by atoms with E-state index in [0.717, 1.165) is 6.54 Å². The first-order valence-corrected chi connectivity index (χ1v) is 5.99. The van der Waals surface area contributed by atoms with Gasteiger partial charge in [0.15, 0.2) is 0 Å². The summed E-state index contributed by atoms with van der Waals surface area (Å²) in [6, 6.07) is 0. The summed E-state index contributed by atoms with van der Waals surface area (Å²) in [5, 5.41) is 12.0. The number of hydrogen-bond donors (Lipinski definition) is 2. The zero-order chi connectivity index (χ0) is 12.2. The minimum Gasteiger partial charge on any atom is -0.481 e. The van der Waals surface area contributed by atoms with E-state index in [1.807, 2.05) is 0 Å². The topological polar surface area (TPSA) is 49.3 Å². The SMILES string of the molecule is O=C(O)C1(CCSC(F)(F)F)CCCNC1. The van der Waals surface area contributed by atoms with E-state index in [-0.39, 0.29) is 30.5 Å². The highest BCUT2D eigenvalue weighted by Gasteiger charge is 2.40. The maximum Gasteiger partial charge on any atom is 0.441 e. The summed E-state index contributed by atoms with van der Waals surface area (Å²) in [4.78, 5) is 11.1. The first kappa shape index (κ1) is 13.6. The Hall–Kier alpha value is -0.430. The molecular weight excluding hydrogens is 243 g/mol. The lowest BCUT2D eigenvalue weighted by atomic mass is 9.78. The predicted octanol–water partition coefficient (Wildman–Crippen LogP) is 2.08. The fourth-order valence-corrected chi connectivity index (χ4v) is 2.56. The van der Waals surface area contributed by atoms with Gasteiger partial charge in [-0.1, -0.05) is 11.8 Å². The van der Waals surface area contributed by atoms with Gasteiger partial charge in [-0.3, -0.25) is 4.79 Å². The van der Waals surface area contributed by atoms with E-state index in [1.165, 1.54) is 0 Å². The van der Waals surface area contributed by atoms with E-state index >= 15 is 0 Å². The third-order valence-electron chi connectivity index (χ3n) is 2.77. The molecule has 0 aromatic heterocycles. The lowest BCUT2D eigenvalue weighted by Crippen LogP contribution is -2.46. The molecule has 1 aliphatic rings. The molecule has 0 aromatic rings. The Morgan fingerprint density at radius 2 is 2.19 bits per heavy atom. The van der Waals surface area contributed by atoms with Crippen LogP contribution in [-0.4, -0.2) is 35.4 Å². The van der Waals surface area contributed by atoms with Crippen molar-refractivity contribution in [3.05, 3.63) is 0 Å². The van der Waals surface area contributed by atoms with Crippen LogP contribution in [0.4, 0.5) is 13.2 Å². The second-order valence-corrected chi connectivity index (χ2v) is 5.07. The molecule has 94 valence electrons. The summed E-state index contributed by atoms with van der Waals surface area (Å²) in [6.45, 7) is 1.00. The molecule has 0 bridgehead atoms. The molecule has 3 nitrogen and oxygen atoms in total. The van der Waals surface area contributed by atoms with Crippen LogP contribution in [0.3, 0.4) is 0 Å². The summed E-state index contributed by atoms with van der Waals surface area (Å²) >= 11 is -0.148. The normalized spacial score (nSPS) is 26.7. The molecule has 0 aliphatic carbocycles. The number of carbonyl (C=O) groups is 1. The Morgan fingerprint density at radius 1 is 1.50 bits per heavy atom. The second-order valence-electron chi connectivity index (χ2n) is 3.91. The molecule has 0 saturated carbocycles. The average Bonchev–Trinajstić information content (AvgIpc) is 2.17. The molecule has 1 atom stereocenters. The van der Waals surface area contributed by atoms with Crippen LogP contribution in [0.15, 0.2) is 0 Å². The van der Waals surface area contributed by atoms with Gasteiger partial charge in [0, 0.05) is 12.3 Å². The summed E-state index contributed by atoms with van der Waals surface area (Å²) in [5.74, 6) is -1.19. The number of carboxylic acids is 1. The molecule has 16 heavy (non-hydrogen) atoms. The summed E-state index contributed by atoms with van der Waals surface area (Å²) in [6.07, 6.45) is 1.20. The molecule has 0 amide bonds.